The molecule has 0 aromatic heterocycles. The highest BCUT2D eigenvalue weighted by Gasteiger charge is 2.30. The van der Waals surface area contributed by atoms with Crippen LogP contribution in [0, 0.1) is 5.92 Å². The zero-order chi connectivity index (χ0) is 11.1. The van der Waals surface area contributed by atoms with Crippen LogP contribution < -0.4 is 5.32 Å². The van der Waals surface area contributed by atoms with Gasteiger partial charge < -0.3 is 5.32 Å². The fourth-order valence-electron chi connectivity index (χ4n) is 1.78. The van der Waals surface area contributed by atoms with Gasteiger partial charge in [0, 0.05) is 6.04 Å². The lowest BCUT2D eigenvalue weighted by Crippen LogP contribution is -2.37. The summed E-state index contributed by atoms with van der Waals surface area (Å²) in [6.45, 7) is 4.06. The maximum atomic E-state index is 11.9. The van der Waals surface area contributed by atoms with Crippen molar-refractivity contribution in [3.8, 4) is 0 Å². The van der Waals surface area contributed by atoms with Gasteiger partial charge in [-0.2, -0.15) is 0 Å². The average molecular weight is 225 g/mol. The molecule has 15 heavy (non-hydrogen) atoms. The first kappa shape index (κ1) is 10.5. The van der Waals surface area contributed by atoms with Gasteiger partial charge in [0.2, 0.25) is 0 Å². The molecule has 4 heteroatoms. The molecule has 0 fully saturated rings. The summed E-state index contributed by atoms with van der Waals surface area (Å²) < 4.78 is 23.9. The van der Waals surface area contributed by atoms with Crippen molar-refractivity contribution in [1.82, 2.24) is 0 Å². The van der Waals surface area contributed by atoms with Crippen LogP contribution in [0.3, 0.4) is 0 Å². The van der Waals surface area contributed by atoms with Crippen molar-refractivity contribution in [2.24, 2.45) is 5.92 Å². The van der Waals surface area contributed by atoms with E-state index in [1.54, 1.807) is 12.1 Å². The molecule has 0 spiro atoms. The first-order valence-corrected chi connectivity index (χ1v) is 6.74. The average Bonchev–Trinajstić information content (AvgIpc) is 2.16. The summed E-state index contributed by atoms with van der Waals surface area (Å²) in [6, 6.07) is 7.11. The van der Waals surface area contributed by atoms with Crippen LogP contribution in [0.15, 0.2) is 29.2 Å². The lowest BCUT2D eigenvalue weighted by atomic mass is 10.1. The highest BCUT2D eigenvalue weighted by Crippen LogP contribution is 2.29. The number of anilines is 1. The van der Waals surface area contributed by atoms with E-state index < -0.39 is 9.84 Å². The number of hydrogen-bond donors (Lipinski definition) is 1. The van der Waals surface area contributed by atoms with Crippen molar-refractivity contribution in [2.75, 3.05) is 11.1 Å². The molecule has 0 saturated carbocycles. The molecule has 1 atom stereocenters. The maximum Gasteiger partial charge on any atom is 0.182 e. The monoisotopic (exact) mass is 225 g/mol. The van der Waals surface area contributed by atoms with Gasteiger partial charge in [0.05, 0.1) is 16.3 Å². The highest BCUT2D eigenvalue weighted by molar-refractivity contribution is 7.91. The van der Waals surface area contributed by atoms with E-state index in [1.165, 1.54) is 0 Å². The Morgan fingerprint density at radius 1 is 1.33 bits per heavy atom. The van der Waals surface area contributed by atoms with Gasteiger partial charge in [0.25, 0.3) is 0 Å². The van der Waals surface area contributed by atoms with Crippen molar-refractivity contribution in [1.29, 1.82) is 0 Å². The van der Waals surface area contributed by atoms with Gasteiger partial charge in [-0.3, -0.25) is 0 Å². The lowest BCUT2D eigenvalue weighted by Gasteiger charge is -2.29. The molecule has 3 nitrogen and oxygen atoms in total. The maximum absolute atomic E-state index is 11.9. The number of sulfone groups is 1. The predicted octanol–water partition coefficient (Wildman–Crippen LogP) is 1.91. The number of nitrogens with one attached hydrogen (secondary N) is 1. The van der Waals surface area contributed by atoms with Crippen LogP contribution in [-0.4, -0.2) is 20.2 Å². The Morgan fingerprint density at radius 3 is 2.67 bits per heavy atom. The summed E-state index contributed by atoms with van der Waals surface area (Å²) in [6.07, 6.45) is 0. The summed E-state index contributed by atoms with van der Waals surface area (Å²) in [4.78, 5) is 0.432. The molecule has 1 aromatic carbocycles. The topological polar surface area (TPSA) is 46.2 Å². The largest absolute Gasteiger partial charge is 0.380 e. The predicted molar refractivity (Wildman–Crippen MR) is 60.7 cm³/mol. The second-order valence-corrected chi connectivity index (χ2v) is 6.28. The van der Waals surface area contributed by atoms with Crippen LogP contribution in [0.5, 0.6) is 0 Å². The van der Waals surface area contributed by atoms with Gasteiger partial charge in [-0.05, 0) is 18.1 Å². The summed E-state index contributed by atoms with van der Waals surface area (Å²) in [5, 5.41) is 3.27. The molecule has 0 radical (unpaired) electrons. The molecule has 1 aromatic rings. The van der Waals surface area contributed by atoms with Crippen molar-refractivity contribution in [3.63, 3.8) is 0 Å². The number of para-hydroxylation sites is 1. The van der Waals surface area contributed by atoms with E-state index in [2.05, 4.69) is 5.32 Å². The number of benzene rings is 1. The lowest BCUT2D eigenvalue weighted by molar-refractivity contribution is 0.531. The summed E-state index contributed by atoms with van der Waals surface area (Å²) >= 11 is 0. The van der Waals surface area contributed by atoms with Gasteiger partial charge in [0.15, 0.2) is 9.84 Å². The van der Waals surface area contributed by atoms with Crippen molar-refractivity contribution < 1.29 is 8.42 Å². The molecule has 2 rings (SSSR count). The molecule has 0 saturated heterocycles. The Bertz CT molecular complexity index is 465. The highest BCUT2D eigenvalue weighted by atomic mass is 32.2. The van der Waals surface area contributed by atoms with Crippen LogP contribution in [0.25, 0.3) is 0 Å². The Balaban J connectivity index is 2.49. The molecule has 0 bridgehead atoms. The zero-order valence-corrected chi connectivity index (χ0v) is 9.71. The second kappa shape index (κ2) is 3.52. The normalized spacial score (nSPS) is 23.3. The summed E-state index contributed by atoms with van der Waals surface area (Å²) in [5.74, 6) is 0.509. The van der Waals surface area contributed by atoms with Crippen molar-refractivity contribution in [3.05, 3.63) is 24.3 Å². The van der Waals surface area contributed by atoms with Crippen LogP contribution in [0.2, 0.25) is 0 Å². The Kier molecular flexibility index (Phi) is 2.46. The van der Waals surface area contributed by atoms with Crippen LogP contribution >= 0.6 is 0 Å². The van der Waals surface area contributed by atoms with E-state index in [4.69, 9.17) is 0 Å². The minimum absolute atomic E-state index is 0.0184. The van der Waals surface area contributed by atoms with Gasteiger partial charge in [-0.15, -0.1) is 0 Å². The molecule has 82 valence electrons. The Hall–Kier alpha value is -1.03. The number of fused-ring (bicyclic) bond motifs is 1. The van der Waals surface area contributed by atoms with Crippen LogP contribution in [-0.2, 0) is 9.84 Å². The summed E-state index contributed by atoms with van der Waals surface area (Å²) in [5.41, 5.74) is 0.738. The van der Waals surface area contributed by atoms with Crippen molar-refractivity contribution >= 4 is 15.5 Å². The number of rotatable bonds is 1. The quantitative estimate of drug-likeness (QED) is 0.794. The van der Waals surface area contributed by atoms with Crippen LogP contribution in [0.1, 0.15) is 13.8 Å². The molecule has 1 unspecified atom stereocenters. The van der Waals surface area contributed by atoms with Gasteiger partial charge >= 0.3 is 0 Å². The first-order valence-electron chi connectivity index (χ1n) is 5.09. The Morgan fingerprint density at radius 2 is 2.00 bits per heavy atom. The third-order valence-corrected chi connectivity index (χ3v) is 4.59. The number of hydrogen-bond acceptors (Lipinski definition) is 3. The minimum atomic E-state index is -3.10. The molecule has 0 amide bonds. The first-order chi connectivity index (χ1) is 7.00. The van der Waals surface area contributed by atoms with Gasteiger partial charge in [0.1, 0.15) is 0 Å². The Labute approximate surface area is 90.4 Å². The second-order valence-electron chi connectivity index (χ2n) is 4.27. The minimum Gasteiger partial charge on any atom is -0.380 e. The van der Waals surface area contributed by atoms with Crippen LogP contribution in [0.4, 0.5) is 5.69 Å². The fraction of sp³-hybridized carbons (Fsp3) is 0.455. The van der Waals surface area contributed by atoms with E-state index in [0.29, 0.717) is 10.8 Å². The van der Waals surface area contributed by atoms with E-state index >= 15 is 0 Å². The van der Waals surface area contributed by atoms with E-state index in [1.807, 2.05) is 26.0 Å². The van der Waals surface area contributed by atoms with E-state index in [0.717, 1.165) is 5.69 Å². The summed E-state index contributed by atoms with van der Waals surface area (Å²) in [7, 11) is -3.10. The smallest absolute Gasteiger partial charge is 0.182 e. The molecule has 0 aliphatic carbocycles. The van der Waals surface area contributed by atoms with E-state index in [-0.39, 0.29) is 11.8 Å². The van der Waals surface area contributed by atoms with Gasteiger partial charge in [-0.1, -0.05) is 26.0 Å². The molecule has 1 heterocycles. The van der Waals surface area contributed by atoms with Gasteiger partial charge in [-0.25, -0.2) is 8.42 Å². The SMILES string of the molecule is CC(C)C1CS(=O)(=O)c2ccccc2N1. The molecule has 1 aliphatic rings. The molecule has 1 aliphatic heterocycles. The molecule has 1 N–H and O–H groups in total. The zero-order valence-electron chi connectivity index (χ0n) is 8.90. The third-order valence-electron chi connectivity index (χ3n) is 2.77. The fourth-order valence-corrected chi connectivity index (χ4v) is 3.65. The van der Waals surface area contributed by atoms with Crippen molar-refractivity contribution in [2.45, 2.75) is 24.8 Å². The molecular formula is C11H15NO2S. The molecular weight excluding hydrogens is 210 g/mol. The third kappa shape index (κ3) is 1.86. The standard InChI is InChI=1S/C11H15NO2S/c1-8(2)10-7-15(13,14)11-6-4-3-5-9(11)12-10/h3-6,8,10,12H,7H2,1-2H3. The van der Waals surface area contributed by atoms with E-state index in [9.17, 15) is 8.42 Å².